The van der Waals surface area contributed by atoms with Crippen LogP contribution in [0, 0.1) is 11.8 Å². The van der Waals surface area contributed by atoms with Crippen LogP contribution in [0.4, 0.5) is 0 Å². The van der Waals surface area contributed by atoms with Gasteiger partial charge in [-0.25, -0.2) is 0 Å². The van der Waals surface area contributed by atoms with Gasteiger partial charge in [-0.3, -0.25) is 9.59 Å². The van der Waals surface area contributed by atoms with Crippen LogP contribution in [0.3, 0.4) is 0 Å². The molecule has 1 rings (SSSR count). The second-order valence-electron chi connectivity index (χ2n) is 4.20. The van der Waals surface area contributed by atoms with Gasteiger partial charge in [0.15, 0.2) is 0 Å². The van der Waals surface area contributed by atoms with Gasteiger partial charge >= 0.3 is 0 Å². The van der Waals surface area contributed by atoms with Crippen LogP contribution in [0.2, 0.25) is 0 Å². The van der Waals surface area contributed by atoms with Crippen molar-refractivity contribution >= 4 is 11.8 Å². The van der Waals surface area contributed by atoms with Crippen LogP contribution >= 0.6 is 0 Å². The Morgan fingerprint density at radius 3 is 2.69 bits per heavy atom. The highest BCUT2D eigenvalue weighted by Crippen LogP contribution is 2.30. The third kappa shape index (κ3) is 3.48. The minimum absolute atomic E-state index is 0.000531. The first-order chi connectivity index (χ1) is 7.69. The zero-order valence-electron chi connectivity index (χ0n) is 9.79. The third-order valence-corrected chi connectivity index (χ3v) is 3.10. The van der Waals surface area contributed by atoms with Gasteiger partial charge in [-0.2, -0.15) is 0 Å². The van der Waals surface area contributed by atoms with Crippen LogP contribution in [-0.2, 0) is 9.59 Å². The fraction of sp³-hybridized carbons (Fsp3) is 0.818. The van der Waals surface area contributed by atoms with Gasteiger partial charge in [0, 0.05) is 12.5 Å². The SMILES string of the molecule is CCNC(=O)CNC(=O)[C@@H]1CCC[C@@H]1CN. The largest absolute Gasteiger partial charge is 0.355 e. The van der Waals surface area contributed by atoms with E-state index in [1.807, 2.05) is 6.92 Å². The smallest absolute Gasteiger partial charge is 0.239 e. The lowest BCUT2D eigenvalue weighted by molar-refractivity contribution is -0.129. The van der Waals surface area contributed by atoms with Crippen LogP contribution in [0.1, 0.15) is 26.2 Å². The van der Waals surface area contributed by atoms with Gasteiger partial charge in [-0.05, 0) is 32.2 Å². The van der Waals surface area contributed by atoms with E-state index in [1.165, 1.54) is 0 Å². The number of amides is 2. The average molecular weight is 227 g/mol. The molecule has 1 saturated carbocycles. The summed E-state index contributed by atoms with van der Waals surface area (Å²) in [5.41, 5.74) is 5.61. The molecule has 16 heavy (non-hydrogen) atoms. The molecule has 0 heterocycles. The highest BCUT2D eigenvalue weighted by molar-refractivity contribution is 5.86. The number of nitrogens with one attached hydrogen (secondary N) is 2. The van der Waals surface area contributed by atoms with Crippen molar-refractivity contribution in [3.05, 3.63) is 0 Å². The summed E-state index contributed by atoms with van der Waals surface area (Å²) in [5.74, 6) is 0.117. The van der Waals surface area contributed by atoms with E-state index in [9.17, 15) is 9.59 Å². The number of nitrogens with two attached hydrogens (primary N) is 1. The summed E-state index contributed by atoms with van der Waals surface area (Å²) < 4.78 is 0. The molecule has 0 aliphatic heterocycles. The summed E-state index contributed by atoms with van der Waals surface area (Å²) in [6.45, 7) is 3.06. The van der Waals surface area contributed by atoms with E-state index in [0.29, 0.717) is 13.1 Å². The monoisotopic (exact) mass is 227 g/mol. The first kappa shape index (κ1) is 13.0. The number of hydrogen-bond donors (Lipinski definition) is 3. The van der Waals surface area contributed by atoms with Crippen molar-refractivity contribution in [2.24, 2.45) is 17.6 Å². The van der Waals surface area contributed by atoms with Crippen molar-refractivity contribution in [2.75, 3.05) is 19.6 Å². The van der Waals surface area contributed by atoms with Crippen LogP contribution in [-0.4, -0.2) is 31.4 Å². The number of rotatable bonds is 5. The molecule has 1 aliphatic carbocycles. The molecule has 0 aromatic rings. The Kier molecular flexibility index (Phi) is 5.25. The number of carbonyl (C=O) groups excluding carboxylic acids is 2. The fourth-order valence-corrected chi connectivity index (χ4v) is 2.22. The quantitative estimate of drug-likeness (QED) is 0.598. The average Bonchev–Trinajstić information content (AvgIpc) is 2.74. The van der Waals surface area contributed by atoms with E-state index in [-0.39, 0.29) is 30.2 Å². The van der Waals surface area contributed by atoms with Crippen LogP contribution in [0.15, 0.2) is 0 Å². The molecule has 5 heteroatoms. The summed E-state index contributed by atoms with van der Waals surface area (Å²) in [4.78, 5) is 22.9. The minimum Gasteiger partial charge on any atom is -0.355 e. The molecular weight excluding hydrogens is 206 g/mol. The van der Waals surface area contributed by atoms with Crippen molar-refractivity contribution in [3.63, 3.8) is 0 Å². The Morgan fingerprint density at radius 1 is 1.31 bits per heavy atom. The number of hydrogen-bond acceptors (Lipinski definition) is 3. The molecule has 0 aromatic carbocycles. The van der Waals surface area contributed by atoms with E-state index >= 15 is 0 Å². The summed E-state index contributed by atoms with van der Waals surface area (Å²) in [6.07, 6.45) is 2.97. The van der Waals surface area contributed by atoms with Crippen molar-refractivity contribution in [1.29, 1.82) is 0 Å². The molecule has 5 nitrogen and oxygen atoms in total. The van der Waals surface area contributed by atoms with Gasteiger partial charge in [0.1, 0.15) is 0 Å². The van der Waals surface area contributed by atoms with Crippen LogP contribution in [0.5, 0.6) is 0 Å². The first-order valence-electron chi connectivity index (χ1n) is 5.93. The molecule has 0 bridgehead atoms. The van der Waals surface area contributed by atoms with Gasteiger partial charge < -0.3 is 16.4 Å². The Balaban J connectivity index is 2.31. The molecule has 0 saturated heterocycles. The fourth-order valence-electron chi connectivity index (χ4n) is 2.22. The number of carbonyl (C=O) groups is 2. The third-order valence-electron chi connectivity index (χ3n) is 3.10. The van der Waals surface area contributed by atoms with Crippen molar-refractivity contribution in [2.45, 2.75) is 26.2 Å². The van der Waals surface area contributed by atoms with Gasteiger partial charge in [0.05, 0.1) is 6.54 Å². The Labute approximate surface area is 96.1 Å². The van der Waals surface area contributed by atoms with Gasteiger partial charge in [0.25, 0.3) is 0 Å². The lowest BCUT2D eigenvalue weighted by Gasteiger charge is -2.17. The zero-order chi connectivity index (χ0) is 12.0. The Hall–Kier alpha value is -1.10. The summed E-state index contributed by atoms with van der Waals surface area (Å²) in [7, 11) is 0. The van der Waals surface area contributed by atoms with Crippen LogP contribution in [0.25, 0.3) is 0 Å². The maximum absolute atomic E-state index is 11.8. The lowest BCUT2D eigenvalue weighted by atomic mass is 9.95. The predicted molar refractivity (Wildman–Crippen MR) is 61.6 cm³/mol. The maximum Gasteiger partial charge on any atom is 0.239 e. The molecule has 2 amide bonds. The van der Waals surface area contributed by atoms with E-state index < -0.39 is 0 Å². The van der Waals surface area contributed by atoms with E-state index in [1.54, 1.807) is 0 Å². The Bertz CT molecular complexity index is 256. The van der Waals surface area contributed by atoms with Gasteiger partial charge in [0.2, 0.25) is 11.8 Å². The molecule has 92 valence electrons. The Morgan fingerprint density at radius 2 is 2.06 bits per heavy atom. The molecule has 4 N–H and O–H groups in total. The second-order valence-corrected chi connectivity index (χ2v) is 4.20. The predicted octanol–water partition coefficient (Wildman–Crippen LogP) is -0.386. The molecule has 1 fully saturated rings. The number of likely N-dealkylation sites (N-methyl/N-ethyl adjacent to an activating group) is 1. The van der Waals surface area contributed by atoms with Crippen molar-refractivity contribution in [3.8, 4) is 0 Å². The first-order valence-corrected chi connectivity index (χ1v) is 5.93. The minimum atomic E-state index is -0.141. The molecule has 2 atom stereocenters. The maximum atomic E-state index is 11.8. The summed E-state index contributed by atoms with van der Waals surface area (Å²) in [5, 5.41) is 5.31. The molecule has 1 aliphatic rings. The molecule has 0 radical (unpaired) electrons. The second kappa shape index (κ2) is 6.48. The van der Waals surface area contributed by atoms with Crippen molar-refractivity contribution in [1.82, 2.24) is 10.6 Å². The van der Waals surface area contributed by atoms with E-state index in [4.69, 9.17) is 5.73 Å². The van der Waals surface area contributed by atoms with E-state index in [2.05, 4.69) is 10.6 Å². The molecular formula is C11H21N3O2. The standard InChI is InChI=1S/C11H21N3O2/c1-2-13-10(15)7-14-11(16)9-5-3-4-8(9)6-12/h8-9H,2-7,12H2,1H3,(H,13,15)(H,14,16)/t8-,9-/m1/s1. The summed E-state index contributed by atoms with van der Waals surface area (Å²) in [6, 6.07) is 0. The molecule has 0 spiro atoms. The molecule has 0 unspecified atom stereocenters. The normalized spacial score (nSPS) is 24.1. The highest BCUT2D eigenvalue weighted by atomic mass is 16.2. The lowest BCUT2D eigenvalue weighted by Crippen LogP contribution is -2.41. The summed E-state index contributed by atoms with van der Waals surface area (Å²) >= 11 is 0. The highest BCUT2D eigenvalue weighted by Gasteiger charge is 2.31. The zero-order valence-corrected chi connectivity index (χ0v) is 9.79. The van der Waals surface area contributed by atoms with Gasteiger partial charge in [-0.1, -0.05) is 6.42 Å². The van der Waals surface area contributed by atoms with Gasteiger partial charge in [-0.15, -0.1) is 0 Å². The van der Waals surface area contributed by atoms with E-state index in [0.717, 1.165) is 19.3 Å². The van der Waals surface area contributed by atoms with Crippen molar-refractivity contribution < 1.29 is 9.59 Å². The molecule has 0 aromatic heterocycles. The topological polar surface area (TPSA) is 84.2 Å². The van der Waals surface area contributed by atoms with Crippen LogP contribution < -0.4 is 16.4 Å².